The van der Waals surface area contributed by atoms with Gasteiger partial charge in [-0.1, -0.05) is 36.4 Å². The van der Waals surface area contributed by atoms with E-state index in [1.807, 2.05) is 30.3 Å². The highest BCUT2D eigenvalue weighted by Gasteiger charge is 2.07. The maximum Gasteiger partial charge on any atom is 0.147 e. The molecule has 0 unspecified atom stereocenters. The molecule has 1 nitrogen and oxygen atoms in total. The van der Waals surface area contributed by atoms with E-state index >= 15 is 0 Å². The molecule has 1 N–H and O–H groups in total. The Hall–Kier alpha value is -2.09. The monoisotopic (exact) mass is 225 g/mol. The zero-order chi connectivity index (χ0) is 11.8. The Kier molecular flexibility index (Phi) is 2.22. The van der Waals surface area contributed by atoms with Gasteiger partial charge in [0.15, 0.2) is 0 Å². The fraction of sp³-hybridized carbons (Fsp3) is 0.0667. The van der Waals surface area contributed by atoms with E-state index in [0.717, 1.165) is 16.6 Å². The number of nitrogens with one attached hydrogen (secondary N) is 1. The molecule has 0 atom stereocenters. The van der Waals surface area contributed by atoms with Gasteiger partial charge in [0.2, 0.25) is 0 Å². The summed E-state index contributed by atoms with van der Waals surface area (Å²) in [7, 11) is 0. The molecule has 0 bridgehead atoms. The van der Waals surface area contributed by atoms with Crippen molar-refractivity contribution in [3.05, 3.63) is 59.9 Å². The molecule has 84 valence electrons. The largest absolute Gasteiger partial charge is 0.352 e. The molecule has 0 radical (unpaired) electrons. The zero-order valence-electron chi connectivity index (χ0n) is 9.50. The summed E-state index contributed by atoms with van der Waals surface area (Å²) in [4.78, 5) is 3.15. The van der Waals surface area contributed by atoms with Crippen LogP contribution >= 0.6 is 0 Å². The Morgan fingerprint density at radius 2 is 1.82 bits per heavy atom. The van der Waals surface area contributed by atoms with Crippen LogP contribution in [-0.2, 0) is 0 Å². The fourth-order valence-corrected chi connectivity index (χ4v) is 2.14. The Morgan fingerprint density at radius 1 is 1.00 bits per heavy atom. The third-order valence-corrected chi connectivity index (χ3v) is 3.04. The molecule has 2 heteroatoms. The van der Waals surface area contributed by atoms with Crippen molar-refractivity contribution < 1.29 is 4.39 Å². The van der Waals surface area contributed by atoms with E-state index in [1.54, 1.807) is 6.07 Å². The molecule has 1 aromatic heterocycles. The van der Waals surface area contributed by atoms with Crippen LogP contribution in [0.5, 0.6) is 0 Å². The number of fused-ring (bicyclic) bond motifs is 1. The van der Waals surface area contributed by atoms with E-state index in [0.29, 0.717) is 5.52 Å². The highest BCUT2D eigenvalue weighted by molar-refractivity contribution is 5.86. The molecule has 0 saturated heterocycles. The number of benzene rings is 2. The number of aryl methyl sites for hydroxylation is 1. The first-order valence-electron chi connectivity index (χ1n) is 5.59. The normalized spacial score (nSPS) is 10.9. The number of rotatable bonds is 1. The number of aromatic nitrogens is 1. The molecule has 0 saturated carbocycles. The minimum atomic E-state index is -0.206. The van der Waals surface area contributed by atoms with Crippen LogP contribution in [0, 0.1) is 12.7 Å². The Morgan fingerprint density at radius 3 is 2.59 bits per heavy atom. The van der Waals surface area contributed by atoms with Gasteiger partial charge in [0, 0.05) is 16.6 Å². The summed E-state index contributed by atoms with van der Waals surface area (Å²) in [5, 5.41) is 0.906. The van der Waals surface area contributed by atoms with E-state index in [4.69, 9.17) is 0 Å². The van der Waals surface area contributed by atoms with Crippen LogP contribution in [-0.4, -0.2) is 4.98 Å². The van der Waals surface area contributed by atoms with Crippen LogP contribution < -0.4 is 0 Å². The van der Waals surface area contributed by atoms with E-state index in [9.17, 15) is 4.39 Å². The Bertz CT molecular complexity index is 682. The summed E-state index contributed by atoms with van der Waals surface area (Å²) in [6, 6.07) is 15.2. The predicted octanol–water partition coefficient (Wildman–Crippen LogP) is 4.28. The summed E-state index contributed by atoms with van der Waals surface area (Å²) < 4.78 is 13.6. The van der Waals surface area contributed by atoms with Crippen LogP contribution in [0.2, 0.25) is 0 Å². The molecule has 0 aliphatic heterocycles. The average molecular weight is 225 g/mol. The van der Waals surface area contributed by atoms with E-state index in [-0.39, 0.29) is 5.82 Å². The lowest BCUT2D eigenvalue weighted by atomic mass is 10.1. The zero-order valence-corrected chi connectivity index (χ0v) is 9.50. The molecule has 3 rings (SSSR count). The second kappa shape index (κ2) is 3.74. The predicted molar refractivity (Wildman–Crippen MR) is 68.4 cm³/mol. The lowest BCUT2D eigenvalue weighted by Gasteiger charge is -2.01. The maximum atomic E-state index is 13.6. The summed E-state index contributed by atoms with van der Waals surface area (Å²) >= 11 is 0. The molecule has 1 heterocycles. The van der Waals surface area contributed by atoms with Gasteiger partial charge < -0.3 is 4.98 Å². The van der Waals surface area contributed by atoms with Crippen LogP contribution in [0.3, 0.4) is 0 Å². The second-order valence-electron chi connectivity index (χ2n) is 4.20. The quantitative estimate of drug-likeness (QED) is 0.636. The first-order chi connectivity index (χ1) is 8.25. The summed E-state index contributed by atoms with van der Waals surface area (Å²) in [6.45, 7) is 2.05. The SMILES string of the molecule is Cc1ccccc1-c1cc2cccc(F)c2[nH]1. The number of halogens is 1. The molecule has 0 aliphatic carbocycles. The maximum absolute atomic E-state index is 13.6. The lowest BCUT2D eigenvalue weighted by molar-refractivity contribution is 0.637. The van der Waals surface area contributed by atoms with Gasteiger partial charge in [-0.15, -0.1) is 0 Å². The van der Waals surface area contributed by atoms with Crippen molar-refractivity contribution in [3.63, 3.8) is 0 Å². The molecule has 0 spiro atoms. The smallest absolute Gasteiger partial charge is 0.147 e. The van der Waals surface area contributed by atoms with Crippen LogP contribution in [0.25, 0.3) is 22.2 Å². The summed E-state index contributed by atoms with van der Waals surface area (Å²) in [5.74, 6) is -0.206. The van der Waals surface area contributed by atoms with Gasteiger partial charge in [-0.3, -0.25) is 0 Å². The molecule has 3 aromatic rings. The number of para-hydroxylation sites is 1. The van der Waals surface area contributed by atoms with Crippen molar-refractivity contribution in [1.29, 1.82) is 0 Å². The average Bonchev–Trinajstić information content (AvgIpc) is 2.75. The van der Waals surface area contributed by atoms with Crippen LogP contribution in [0.1, 0.15) is 5.56 Å². The molecule has 2 aromatic carbocycles. The Balaban J connectivity index is 2.26. The number of H-pyrrole nitrogens is 1. The second-order valence-corrected chi connectivity index (χ2v) is 4.20. The van der Waals surface area contributed by atoms with Gasteiger partial charge in [0.1, 0.15) is 5.82 Å². The van der Waals surface area contributed by atoms with Crippen molar-refractivity contribution in [2.24, 2.45) is 0 Å². The molecular weight excluding hydrogens is 213 g/mol. The Labute approximate surface area is 98.9 Å². The minimum absolute atomic E-state index is 0.206. The summed E-state index contributed by atoms with van der Waals surface area (Å²) in [6.07, 6.45) is 0. The first kappa shape index (κ1) is 10.1. The topological polar surface area (TPSA) is 15.8 Å². The number of aromatic amines is 1. The van der Waals surface area contributed by atoms with Gasteiger partial charge in [0.25, 0.3) is 0 Å². The van der Waals surface area contributed by atoms with Gasteiger partial charge >= 0.3 is 0 Å². The van der Waals surface area contributed by atoms with Gasteiger partial charge in [-0.25, -0.2) is 4.39 Å². The van der Waals surface area contributed by atoms with Crippen molar-refractivity contribution in [2.75, 3.05) is 0 Å². The van der Waals surface area contributed by atoms with Crippen molar-refractivity contribution in [3.8, 4) is 11.3 Å². The van der Waals surface area contributed by atoms with Crippen LogP contribution in [0.15, 0.2) is 48.5 Å². The summed E-state index contributed by atoms with van der Waals surface area (Å²) in [5.41, 5.74) is 3.83. The molecular formula is C15H12FN. The van der Waals surface area contributed by atoms with Crippen molar-refractivity contribution in [1.82, 2.24) is 4.98 Å². The van der Waals surface area contributed by atoms with E-state index < -0.39 is 0 Å². The third kappa shape index (κ3) is 1.62. The highest BCUT2D eigenvalue weighted by atomic mass is 19.1. The fourth-order valence-electron chi connectivity index (χ4n) is 2.14. The van der Waals surface area contributed by atoms with Gasteiger partial charge in [-0.05, 0) is 24.6 Å². The van der Waals surface area contributed by atoms with Crippen molar-refractivity contribution >= 4 is 10.9 Å². The lowest BCUT2D eigenvalue weighted by Crippen LogP contribution is -1.82. The van der Waals surface area contributed by atoms with Gasteiger partial charge in [-0.2, -0.15) is 0 Å². The molecule has 17 heavy (non-hydrogen) atoms. The van der Waals surface area contributed by atoms with Crippen molar-refractivity contribution in [2.45, 2.75) is 6.92 Å². The van der Waals surface area contributed by atoms with Crippen LogP contribution in [0.4, 0.5) is 4.39 Å². The molecule has 0 amide bonds. The van der Waals surface area contributed by atoms with E-state index in [2.05, 4.69) is 18.0 Å². The first-order valence-corrected chi connectivity index (χ1v) is 5.59. The van der Waals surface area contributed by atoms with E-state index in [1.165, 1.54) is 11.6 Å². The number of hydrogen-bond acceptors (Lipinski definition) is 0. The molecule has 0 aliphatic rings. The van der Waals surface area contributed by atoms with Gasteiger partial charge in [0.05, 0.1) is 5.52 Å². The molecule has 0 fully saturated rings. The number of hydrogen-bond donors (Lipinski definition) is 1. The third-order valence-electron chi connectivity index (χ3n) is 3.04. The standard InChI is InChI=1S/C15H12FN/c1-10-5-2-3-7-12(10)14-9-11-6-4-8-13(16)15(11)17-14/h2-9,17H,1H3. The minimum Gasteiger partial charge on any atom is -0.352 e. The highest BCUT2D eigenvalue weighted by Crippen LogP contribution is 2.27.